The molecule has 153 valence electrons. The van der Waals surface area contributed by atoms with Crippen molar-refractivity contribution in [3.63, 3.8) is 0 Å². The van der Waals surface area contributed by atoms with Gasteiger partial charge in [0, 0.05) is 42.5 Å². The van der Waals surface area contributed by atoms with Crippen molar-refractivity contribution in [2.45, 2.75) is 101 Å². The topological polar surface area (TPSA) is 0 Å². The van der Waals surface area contributed by atoms with E-state index in [4.69, 9.17) is 0 Å². The molecule has 1 aromatic heterocycles. The minimum absolute atomic E-state index is 0. The Kier molecular flexibility index (Phi) is 19.9. The van der Waals surface area contributed by atoms with Gasteiger partial charge in [-0.05, 0) is 43.2 Å². The van der Waals surface area contributed by atoms with Crippen LogP contribution in [-0.2, 0) is 45.6 Å². The van der Waals surface area contributed by atoms with Crippen molar-refractivity contribution >= 4 is 11.3 Å². The average Bonchev–Trinajstić information content (AvgIpc) is 2.91. The van der Waals surface area contributed by atoms with Gasteiger partial charge in [0.1, 0.15) is 0 Å². The quantitative estimate of drug-likeness (QED) is 0.396. The second kappa shape index (κ2) is 16.9. The first kappa shape index (κ1) is 31.7. The maximum absolute atomic E-state index is 3.24. The summed E-state index contributed by atoms with van der Waals surface area (Å²) in [6.07, 6.45) is 2.30. The molecule has 0 spiro atoms. The van der Waals surface area contributed by atoms with Gasteiger partial charge in [-0.3, -0.25) is 0 Å². The van der Waals surface area contributed by atoms with Crippen LogP contribution >= 0.6 is 11.3 Å². The number of aryl methyl sites for hydroxylation is 3. The van der Waals surface area contributed by atoms with E-state index in [0.29, 0.717) is 11.8 Å². The molecule has 1 radical (unpaired) electrons. The summed E-state index contributed by atoms with van der Waals surface area (Å²) in [4.78, 5) is 3.08. The normalized spacial score (nSPS) is 9.48. The van der Waals surface area contributed by atoms with E-state index in [-0.39, 0.29) is 40.1 Å². The zero-order valence-corrected chi connectivity index (χ0v) is 22.4. The molecule has 0 amide bonds. The van der Waals surface area contributed by atoms with E-state index < -0.39 is 0 Å². The monoisotopic (exact) mass is 464 g/mol. The van der Waals surface area contributed by atoms with Crippen LogP contribution in [0.1, 0.15) is 107 Å². The van der Waals surface area contributed by atoms with Crippen molar-refractivity contribution in [2.24, 2.45) is 0 Å². The minimum atomic E-state index is 0. The molecule has 0 aliphatic carbocycles. The fraction of sp³-hybridized carbons (Fsp3) is 0.600. The molecule has 27 heavy (non-hydrogen) atoms. The number of thiophene rings is 1. The number of rotatable bonds is 4. The van der Waals surface area contributed by atoms with Gasteiger partial charge in [0.2, 0.25) is 0 Å². The van der Waals surface area contributed by atoms with Crippen LogP contribution in [0.5, 0.6) is 0 Å². The summed E-state index contributed by atoms with van der Waals surface area (Å²) >= 11 is 1.97. The summed E-state index contributed by atoms with van der Waals surface area (Å²) in [5.41, 5.74) is 5.85. The molecular formula is C25H43SY-. The van der Waals surface area contributed by atoms with Gasteiger partial charge < -0.3 is 0 Å². The van der Waals surface area contributed by atoms with E-state index in [1.54, 1.807) is 10.4 Å². The first-order chi connectivity index (χ1) is 11.8. The molecular weight excluding hydrogens is 421 g/mol. The van der Waals surface area contributed by atoms with Gasteiger partial charge in [0.25, 0.3) is 0 Å². The van der Waals surface area contributed by atoms with Crippen LogP contribution in [0.4, 0.5) is 0 Å². The van der Waals surface area contributed by atoms with Crippen LogP contribution in [0.3, 0.4) is 0 Å². The van der Waals surface area contributed by atoms with E-state index in [1.165, 1.54) is 28.0 Å². The number of benzene rings is 1. The van der Waals surface area contributed by atoms with Crippen LogP contribution in [0.2, 0.25) is 0 Å². The minimum Gasteiger partial charge on any atom is -0.180 e. The molecule has 0 aliphatic heterocycles. The second-order valence-corrected chi connectivity index (χ2v) is 8.10. The molecule has 2 rings (SSSR count). The third-order valence-corrected chi connectivity index (χ3v) is 5.66. The summed E-state index contributed by atoms with van der Waals surface area (Å²) < 4.78 is 0. The molecule has 2 heteroatoms. The molecule has 1 aromatic carbocycles. The van der Waals surface area contributed by atoms with Crippen molar-refractivity contribution in [3.05, 3.63) is 56.3 Å². The fourth-order valence-corrected chi connectivity index (χ4v) is 4.27. The average molecular weight is 465 g/mol. The van der Waals surface area contributed by atoms with Crippen molar-refractivity contribution in [1.82, 2.24) is 0 Å². The zero-order chi connectivity index (χ0) is 19.6. The van der Waals surface area contributed by atoms with E-state index in [9.17, 15) is 0 Å². The van der Waals surface area contributed by atoms with Crippen molar-refractivity contribution in [1.29, 1.82) is 0 Å². The third kappa shape index (κ3) is 10.4. The first-order valence-corrected chi connectivity index (χ1v) is 10.7. The third-order valence-electron chi connectivity index (χ3n) is 4.29. The molecule has 0 atom stereocenters. The van der Waals surface area contributed by atoms with E-state index in [2.05, 4.69) is 73.6 Å². The smallest absolute Gasteiger partial charge is 0.00774 e. The molecule has 0 N–H and O–H groups in total. The molecule has 0 saturated heterocycles. The molecule has 0 unspecified atom stereocenters. The van der Waals surface area contributed by atoms with Gasteiger partial charge in [-0.2, -0.15) is 35.4 Å². The van der Waals surface area contributed by atoms with Gasteiger partial charge in [-0.15, -0.1) is 11.3 Å². The van der Waals surface area contributed by atoms with Gasteiger partial charge >= 0.3 is 0 Å². The maximum Gasteiger partial charge on any atom is 0.00774 e. The van der Waals surface area contributed by atoms with Crippen molar-refractivity contribution in [2.75, 3.05) is 0 Å². The molecule has 0 saturated carbocycles. The Hall–Kier alpha value is 0.0239. The summed E-state index contributed by atoms with van der Waals surface area (Å²) in [6, 6.07) is 9.64. The molecule has 0 nitrogen and oxygen atoms in total. The van der Waals surface area contributed by atoms with Gasteiger partial charge in [-0.25, -0.2) is 0 Å². The molecule has 1 heterocycles. The van der Waals surface area contributed by atoms with Gasteiger partial charge in [0.15, 0.2) is 0 Å². The van der Waals surface area contributed by atoms with Crippen LogP contribution in [0.25, 0.3) is 0 Å². The van der Waals surface area contributed by atoms with E-state index in [1.807, 2.05) is 31.3 Å². The Morgan fingerprint density at radius 3 is 1.85 bits per heavy atom. The number of hydrogen-bond donors (Lipinski definition) is 0. The largest absolute Gasteiger partial charge is 0.180 e. The number of hydrogen-bond acceptors (Lipinski definition) is 1. The molecule has 2 aromatic rings. The van der Waals surface area contributed by atoms with Gasteiger partial charge in [-0.1, -0.05) is 69.2 Å². The Labute approximate surface area is 200 Å². The maximum atomic E-state index is 3.24. The predicted octanol–water partition coefficient (Wildman–Crippen LogP) is 8.88. The van der Waals surface area contributed by atoms with Gasteiger partial charge in [0.05, 0.1) is 0 Å². The SMILES string of the molecule is C.CC.CCc1cc[c-]c(C(C)C)c1.CCc1sc(C)c(C(C)C)c1C.[Y]. The Balaban J connectivity index is -0.000000367. The predicted molar refractivity (Wildman–Crippen MR) is 124 cm³/mol. The summed E-state index contributed by atoms with van der Waals surface area (Å²) in [6.45, 7) is 21.9. The second-order valence-electron chi connectivity index (χ2n) is 6.79. The van der Waals surface area contributed by atoms with Crippen LogP contribution in [0.15, 0.2) is 18.2 Å². The standard InChI is InChI=1S/C11H18S.C11H15.C2H6.CH4.Y/c1-6-10-8(4)11(7(2)3)9(5)12-10;1-4-10-6-5-7-11(8-10)9(2)3;1-2;;/h7H,6H2,1-5H3;5-6,8-9H,4H2,1-3H3;1-2H3;1H4;/q;-1;;;. The molecule has 0 fully saturated rings. The van der Waals surface area contributed by atoms with Crippen molar-refractivity contribution in [3.8, 4) is 0 Å². The van der Waals surface area contributed by atoms with E-state index >= 15 is 0 Å². The van der Waals surface area contributed by atoms with Crippen LogP contribution < -0.4 is 0 Å². The van der Waals surface area contributed by atoms with Crippen LogP contribution in [0, 0.1) is 19.9 Å². The Morgan fingerprint density at radius 1 is 0.963 bits per heavy atom. The van der Waals surface area contributed by atoms with Crippen LogP contribution in [-0.4, -0.2) is 0 Å². The first-order valence-electron chi connectivity index (χ1n) is 9.90. The van der Waals surface area contributed by atoms with Crippen molar-refractivity contribution < 1.29 is 32.7 Å². The zero-order valence-electron chi connectivity index (χ0n) is 18.8. The Bertz CT molecular complexity index is 609. The fourth-order valence-electron chi connectivity index (χ4n) is 3.00. The molecule has 0 aliphatic rings. The molecule has 0 bridgehead atoms. The van der Waals surface area contributed by atoms with E-state index in [0.717, 1.165) is 6.42 Å². The Morgan fingerprint density at radius 2 is 1.52 bits per heavy atom. The summed E-state index contributed by atoms with van der Waals surface area (Å²) in [7, 11) is 0. The summed E-state index contributed by atoms with van der Waals surface area (Å²) in [5, 5.41) is 0. The summed E-state index contributed by atoms with van der Waals surface area (Å²) in [5.74, 6) is 1.28.